The van der Waals surface area contributed by atoms with E-state index < -0.39 is 0 Å². The Morgan fingerprint density at radius 2 is 2.07 bits per heavy atom. The van der Waals surface area contributed by atoms with Crippen molar-refractivity contribution in [3.8, 4) is 11.5 Å². The van der Waals surface area contributed by atoms with Crippen LogP contribution >= 0.6 is 27.5 Å². The van der Waals surface area contributed by atoms with Gasteiger partial charge in [0.2, 0.25) is 5.95 Å². The lowest BCUT2D eigenvalue weighted by Gasteiger charge is -2.15. The first-order valence-electron chi connectivity index (χ1n) is 8.85. The van der Waals surface area contributed by atoms with E-state index in [2.05, 4.69) is 43.7 Å². The maximum atomic E-state index is 6.21. The lowest BCUT2D eigenvalue weighted by molar-refractivity contribution is 0.282. The molecule has 1 N–H and O–H groups in total. The molecule has 0 fully saturated rings. The molecule has 0 aliphatic rings. The van der Waals surface area contributed by atoms with Crippen LogP contribution in [0.4, 0.5) is 5.95 Å². The fourth-order valence-electron chi connectivity index (χ4n) is 2.66. The number of nitrogens with one attached hydrogen (secondary N) is 1. The minimum absolute atomic E-state index is 0.345. The number of hydrogen-bond donors (Lipinski definition) is 1. The molecule has 0 saturated carbocycles. The van der Waals surface area contributed by atoms with Gasteiger partial charge in [-0.15, -0.1) is 0 Å². The molecule has 2 aromatic carbocycles. The van der Waals surface area contributed by atoms with Gasteiger partial charge in [0.1, 0.15) is 6.61 Å². The number of anilines is 1. The van der Waals surface area contributed by atoms with Gasteiger partial charge in [-0.05, 0) is 56.5 Å². The van der Waals surface area contributed by atoms with Crippen molar-refractivity contribution in [2.24, 2.45) is 0 Å². The number of methoxy groups -OCH3 is 1. The van der Waals surface area contributed by atoms with Crippen molar-refractivity contribution in [3.63, 3.8) is 0 Å². The first-order chi connectivity index (χ1) is 13.6. The van der Waals surface area contributed by atoms with E-state index in [0.717, 1.165) is 28.6 Å². The van der Waals surface area contributed by atoms with Gasteiger partial charge in [0, 0.05) is 23.7 Å². The van der Waals surface area contributed by atoms with Gasteiger partial charge in [-0.25, -0.2) is 4.68 Å². The summed E-state index contributed by atoms with van der Waals surface area (Å²) in [4.78, 5) is 0. The fourth-order valence-corrected chi connectivity index (χ4v) is 3.45. The summed E-state index contributed by atoms with van der Waals surface area (Å²) in [5.74, 6) is 1.89. The molecule has 0 unspecified atom stereocenters. The highest BCUT2D eigenvalue weighted by atomic mass is 79.9. The molecule has 0 amide bonds. The molecule has 148 valence electrons. The van der Waals surface area contributed by atoms with Crippen molar-refractivity contribution in [2.45, 2.75) is 33.0 Å². The Bertz CT molecular complexity index is 934. The van der Waals surface area contributed by atoms with Crippen LogP contribution in [0, 0.1) is 0 Å². The molecule has 0 bridgehead atoms. The Morgan fingerprint density at radius 1 is 1.25 bits per heavy atom. The van der Waals surface area contributed by atoms with E-state index in [0.29, 0.717) is 35.6 Å². The lowest BCUT2D eigenvalue weighted by atomic mass is 10.2. The van der Waals surface area contributed by atoms with Gasteiger partial charge in [-0.2, -0.15) is 0 Å². The van der Waals surface area contributed by atoms with Crippen LogP contribution in [0.15, 0.2) is 40.9 Å². The summed E-state index contributed by atoms with van der Waals surface area (Å²) >= 11 is 9.78. The zero-order valence-electron chi connectivity index (χ0n) is 15.7. The van der Waals surface area contributed by atoms with Crippen LogP contribution in [0.2, 0.25) is 5.02 Å². The second-order valence-corrected chi connectivity index (χ2v) is 7.33. The van der Waals surface area contributed by atoms with E-state index in [1.54, 1.807) is 11.8 Å². The smallest absolute Gasteiger partial charge is 0.243 e. The van der Waals surface area contributed by atoms with Gasteiger partial charge < -0.3 is 14.8 Å². The summed E-state index contributed by atoms with van der Waals surface area (Å²) in [7, 11) is 1.61. The number of rotatable bonds is 9. The molecule has 0 radical (unpaired) electrons. The molecule has 0 saturated heterocycles. The monoisotopic (exact) mass is 465 g/mol. The van der Waals surface area contributed by atoms with Gasteiger partial charge in [-0.3, -0.25) is 0 Å². The molecular formula is C19H21BrClN5O2. The minimum Gasteiger partial charge on any atom is -0.493 e. The van der Waals surface area contributed by atoms with Crippen molar-refractivity contribution in [1.29, 1.82) is 0 Å². The van der Waals surface area contributed by atoms with E-state index in [-0.39, 0.29) is 0 Å². The molecule has 0 aliphatic carbocycles. The first kappa shape index (κ1) is 20.4. The predicted molar refractivity (Wildman–Crippen MR) is 112 cm³/mol. The number of benzene rings is 2. The largest absolute Gasteiger partial charge is 0.493 e. The van der Waals surface area contributed by atoms with E-state index in [1.165, 1.54) is 0 Å². The fraction of sp³-hybridized carbons (Fsp3) is 0.316. The summed E-state index contributed by atoms with van der Waals surface area (Å²) in [6, 6.07) is 11.5. The maximum Gasteiger partial charge on any atom is 0.243 e. The van der Waals surface area contributed by atoms with E-state index >= 15 is 0 Å². The predicted octanol–water partition coefficient (Wildman–Crippen LogP) is 4.70. The minimum atomic E-state index is 0.345. The van der Waals surface area contributed by atoms with E-state index in [1.807, 2.05) is 36.4 Å². The number of halogens is 2. The van der Waals surface area contributed by atoms with Crippen molar-refractivity contribution >= 4 is 33.5 Å². The van der Waals surface area contributed by atoms with Gasteiger partial charge >= 0.3 is 0 Å². The summed E-state index contributed by atoms with van der Waals surface area (Å²) in [6.07, 6.45) is 0.955. The Balaban J connectivity index is 1.72. The number of nitrogens with zero attached hydrogens (tertiary/aromatic N) is 4. The Hall–Kier alpha value is -2.32. The molecule has 3 rings (SSSR count). The molecule has 28 heavy (non-hydrogen) atoms. The normalized spacial score (nSPS) is 10.7. The van der Waals surface area contributed by atoms with Crippen molar-refractivity contribution in [3.05, 3.63) is 57.0 Å². The molecule has 0 atom stereocenters. The van der Waals surface area contributed by atoms with E-state index in [9.17, 15) is 0 Å². The zero-order valence-corrected chi connectivity index (χ0v) is 18.0. The first-order valence-corrected chi connectivity index (χ1v) is 10.0. The molecule has 1 aromatic heterocycles. The highest BCUT2D eigenvalue weighted by Gasteiger charge is 2.13. The van der Waals surface area contributed by atoms with Gasteiger partial charge in [0.25, 0.3) is 0 Å². The molecule has 7 nitrogen and oxygen atoms in total. The van der Waals surface area contributed by atoms with E-state index in [4.69, 9.17) is 21.1 Å². The average molecular weight is 467 g/mol. The molecule has 3 aromatic rings. The van der Waals surface area contributed by atoms with Crippen LogP contribution in [0.25, 0.3) is 0 Å². The lowest BCUT2D eigenvalue weighted by Crippen LogP contribution is -2.09. The van der Waals surface area contributed by atoms with Gasteiger partial charge in [0.05, 0.1) is 11.6 Å². The van der Waals surface area contributed by atoms with Crippen molar-refractivity contribution in [1.82, 2.24) is 20.2 Å². The third-order valence-corrected chi connectivity index (χ3v) is 4.99. The molecule has 9 heteroatoms. The summed E-state index contributed by atoms with van der Waals surface area (Å²) in [6.45, 7) is 3.73. The third kappa shape index (κ3) is 4.94. The second-order valence-electron chi connectivity index (χ2n) is 6.07. The van der Waals surface area contributed by atoms with Crippen LogP contribution in [-0.4, -0.2) is 27.3 Å². The number of aryl methyl sites for hydroxylation is 1. The number of tetrazole rings is 1. The van der Waals surface area contributed by atoms with Crippen LogP contribution in [0.5, 0.6) is 11.5 Å². The molecule has 0 aliphatic heterocycles. The Labute approximate surface area is 177 Å². The van der Waals surface area contributed by atoms with Crippen LogP contribution in [0.1, 0.15) is 24.5 Å². The molecular weight excluding hydrogens is 446 g/mol. The number of aromatic nitrogens is 4. The maximum absolute atomic E-state index is 6.21. The van der Waals surface area contributed by atoms with Gasteiger partial charge in [-0.1, -0.05) is 41.8 Å². The summed E-state index contributed by atoms with van der Waals surface area (Å²) in [5, 5.41) is 15.6. The van der Waals surface area contributed by atoms with Crippen molar-refractivity contribution < 1.29 is 9.47 Å². The Morgan fingerprint density at radius 3 is 2.82 bits per heavy atom. The van der Waals surface area contributed by atoms with Crippen LogP contribution in [0.3, 0.4) is 0 Å². The number of hydrogen-bond acceptors (Lipinski definition) is 6. The quantitative estimate of drug-likeness (QED) is 0.493. The SMILES string of the molecule is CCCn1nnnc1NCc1cc(Br)c(OCc2ccccc2Cl)c(OC)c1. The summed E-state index contributed by atoms with van der Waals surface area (Å²) in [5.41, 5.74) is 1.91. The highest BCUT2D eigenvalue weighted by molar-refractivity contribution is 9.10. The summed E-state index contributed by atoms with van der Waals surface area (Å²) < 4.78 is 14.0. The second kappa shape index (κ2) is 9.75. The Kier molecular flexibility index (Phi) is 7.11. The highest BCUT2D eigenvalue weighted by Crippen LogP contribution is 2.37. The van der Waals surface area contributed by atoms with Crippen LogP contribution < -0.4 is 14.8 Å². The molecule has 1 heterocycles. The number of ether oxygens (including phenoxy) is 2. The average Bonchev–Trinajstić information content (AvgIpc) is 3.13. The standard InChI is InChI=1S/C19H21BrClN5O2/c1-3-8-26-19(23-24-25-26)22-11-13-9-15(20)18(17(10-13)27-2)28-12-14-6-4-5-7-16(14)21/h4-7,9-10H,3,8,11-12H2,1-2H3,(H,22,23,25). The van der Waals surface area contributed by atoms with Gasteiger partial charge in [0.15, 0.2) is 11.5 Å². The topological polar surface area (TPSA) is 74.1 Å². The van der Waals surface area contributed by atoms with Crippen molar-refractivity contribution in [2.75, 3.05) is 12.4 Å². The zero-order chi connectivity index (χ0) is 19.9. The third-order valence-electron chi connectivity index (χ3n) is 4.04. The van der Waals surface area contributed by atoms with Crippen LogP contribution in [-0.2, 0) is 19.7 Å². The molecule has 0 spiro atoms.